The molecule has 0 saturated heterocycles. The fourth-order valence-corrected chi connectivity index (χ4v) is 5.57. The van der Waals surface area contributed by atoms with Gasteiger partial charge in [-0.2, -0.15) is 0 Å². The number of nitrogen functional groups attached to an aromatic ring is 1. The number of nitrogens with one attached hydrogen (secondary N) is 2. The second-order valence-electron chi connectivity index (χ2n) is 10.5. The molecule has 0 spiro atoms. The van der Waals surface area contributed by atoms with E-state index in [1.807, 2.05) is 24.5 Å². The molecular weight excluding hydrogens is 464 g/mol. The molecule has 0 aliphatic heterocycles. The second-order valence-corrected chi connectivity index (χ2v) is 10.5. The van der Waals surface area contributed by atoms with Gasteiger partial charge in [0.2, 0.25) is 0 Å². The summed E-state index contributed by atoms with van der Waals surface area (Å²) in [5.74, 6) is 0. The number of hydrogen-bond donors (Lipinski definition) is 3. The first-order valence-corrected chi connectivity index (χ1v) is 13.7. The van der Waals surface area contributed by atoms with Crippen LogP contribution in [-0.4, -0.2) is 22.6 Å². The molecule has 0 aliphatic carbocycles. The molecule has 3 aromatic carbocycles. The maximum absolute atomic E-state index is 6.22. The number of pyridine rings is 1. The number of H-pyrrole nitrogens is 1. The van der Waals surface area contributed by atoms with Crippen LogP contribution in [0.2, 0.25) is 0 Å². The van der Waals surface area contributed by atoms with Crippen molar-refractivity contribution in [1.29, 1.82) is 0 Å². The molecule has 5 aromatic rings. The minimum Gasteiger partial charge on any atom is -0.399 e. The van der Waals surface area contributed by atoms with Gasteiger partial charge in [-0.25, -0.2) is 0 Å². The van der Waals surface area contributed by atoms with E-state index >= 15 is 0 Å². The van der Waals surface area contributed by atoms with Gasteiger partial charge in [-0.1, -0.05) is 53.6 Å². The Labute approximate surface area is 226 Å². The molecule has 0 bridgehead atoms. The normalized spacial score (nSPS) is 12.2. The minimum atomic E-state index is 0.411. The summed E-state index contributed by atoms with van der Waals surface area (Å²) >= 11 is 0. The third-order valence-corrected chi connectivity index (χ3v) is 7.31. The summed E-state index contributed by atoms with van der Waals surface area (Å²) in [5.41, 5.74) is 17.2. The Morgan fingerprint density at radius 2 is 1.66 bits per heavy atom. The van der Waals surface area contributed by atoms with Crippen LogP contribution in [0.5, 0.6) is 0 Å². The number of anilines is 1. The summed E-state index contributed by atoms with van der Waals surface area (Å²) in [5, 5.41) is 5.13. The molecular formula is C34H38N4. The Morgan fingerprint density at radius 3 is 2.42 bits per heavy atom. The lowest BCUT2D eigenvalue weighted by molar-refractivity contribution is 0.467. The quantitative estimate of drug-likeness (QED) is 0.167. The first-order valence-electron chi connectivity index (χ1n) is 13.7. The number of aromatic nitrogens is 2. The molecule has 4 heteroatoms. The summed E-state index contributed by atoms with van der Waals surface area (Å²) < 4.78 is 0. The van der Waals surface area contributed by atoms with E-state index in [0.717, 1.165) is 49.9 Å². The standard InChI is InChI=1S/C34H38N4/c1-24-18-25(2)20-28(19-24)34-31(32-22-29(35)13-14-33(32)38-34)15-17-37-30(21-26-8-4-3-5-9-26)12-6-10-27-11-7-16-36-23-27/h3-5,7-9,11,13-14,16,18-20,22-23,30,37-38H,6,10,12,15,17,21,35H2,1-2H3. The van der Waals surface area contributed by atoms with E-state index in [1.165, 1.54) is 44.5 Å². The van der Waals surface area contributed by atoms with Gasteiger partial charge in [0.1, 0.15) is 0 Å². The predicted molar refractivity (Wildman–Crippen MR) is 160 cm³/mol. The van der Waals surface area contributed by atoms with Crippen LogP contribution in [-0.2, 0) is 19.3 Å². The number of benzene rings is 3. The summed E-state index contributed by atoms with van der Waals surface area (Å²) in [6.07, 6.45) is 9.09. The van der Waals surface area contributed by atoms with Crippen LogP contribution in [0.15, 0.2) is 91.3 Å². The van der Waals surface area contributed by atoms with Crippen LogP contribution in [0.4, 0.5) is 5.69 Å². The Hall–Kier alpha value is -3.89. The average molecular weight is 503 g/mol. The number of fused-ring (bicyclic) bond motifs is 1. The van der Waals surface area contributed by atoms with Gasteiger partial charge in [0.15, 0.2) is 0 Å². The van der Waals surface area contributed by atoms with Crippen LogP contribution in [0.1, 0.15) is 40.7 Å². The Bertz CT molecular complexity index is 1450. The zero-order chi connectivity index (χ0) is 26.3. The van der Waals surface area contributed by atoms with Crippen LogP contribution >= 0.6 is 0 Å². The summed E-state index contributed by atoms with van der Waals surface area (Å²) in [7, 11) is 0. The molecule has 5 rings (SSSR count). The van der Waals surface area contributed by atoms with Gasteiger partial charge < -0.3 is 16.0 Å². The number of aryl methyl sites for hydroxylation is 3. The van der Waals surface area contributed by atoms with Gasteiger partial charge in [-0.05, 0) is 111 Å². The molecule has 2 aromatic heterocycles. The van der Waals surface area contributed by atoms with Gasteiger partial charge in [0.05, 0.1) is 0 Å². The first-order chi connectivity index (χ1) is 18.5. The maximum atomic E-state index is 6.22. The van der Waals surface area contributed by atoms with E-state index < -0.39 is 0 Å². The lowest BCUT2D eigenvalue weighted by Crippen LogP contribution is -2.33. The predicted octanol–water partition coefficient (Wildman–Crippen LogP) is 7.20. The van der Waals surface area contributed by atoms with E-state index in [2.05, 4.69) is 95.9 Å². The first kappa shape index (κ1) is 25.7. The minimum absolute atomic E-state index is 0.411. The molecule has 0 aliphatic rings. The topological polar surface area (TPSA) is 66.7 Å². The fraction of sp³-hybridized carbons (Fsp3) is 0.265. The highest BCUT2D eigenvalue weighted by Gasteiger charge is 2.16. The fourth-order valence-electron chi connectivity index (χ4n) is 5.57. The van der Waals surface area contributed by atoms with Crippen LogP contribution in [0, 0.1) is 13.8 Å². The van der Waals surface area contributed by atoms with Crippen molar-refractivity contribution in [2.45, 2.75) is 52.0 Å². The van der Waals surface area contributed by atoms with Crippen LogP contribution in [0.3, 0.4) is 0 Å². The Balaban J connectivity index is 1.34. The van der Waals surface area contributed by atoms with E-state index in [9.17, 15) is 0 Å². The number of nitrogens with two attached hydrogens (primary N) is 1. The van der Waals surface area contributed by atoms with Crippen LogP contribution in [0.25, 0.3) is 22.2 Å². The monoisotopic (exact) mass is 502 g/mol. The molecule has 1 unspecified atom stereocenters. The zero-order valence-corrected chi connectivity index (χ0v) is 22.5. The molecule has 1 atom stereocenters. The van der Waals surface area contributed by atoms with Gasteiger partial charge in [0, 0.05) is 40.7 Å². The number of rotatable bonds is 11. The number of hydrogen-bond acceptors (Lipinski definition) is 3. The molecule has 0 amide bonds. The van der Waals surface area contributed by atoms with Crippen LogP contribution < -0.4 is 11.1 Å². The van der Waals surface area contributed by atoms with Crippen molar-refractivity contribution in [3.8, 4) is 11.3 Å². The van der Waals surface area contributed by atoms with E-state index in [-0.39, 0.29) is 0 Å². The van der Waals surface area contributed by atoms with Gasteiger partial charge in [0.25, 0.3) is 0 Å². The van der Waals surface area contributed by atoms with E-state index in [0.29, 0.717) is 6.04 Å². The molecule has 38 heavy (non-hydrogen) atoms. The van der Waals surface area contributed by atoms with Crippen molar-refractivity contribution in [1.82, 2.24) is 15.3 Å². The SMILES string of the molecule is Cc1cc(C)cc(-c2[nH]c3ccc(N)cc3c2CCNC(CCCc2cccnc2)Cc2ccccc2)c1. The van der Waals surface area contributed by atoms with Crippen molar-refractivity contribution >= 4 is 16.6 Å². The number of aromatic amines is 1. The summed E-state index contributed by atoms with van der Waals surface area (Å²) in [6, 6.07) is 28.4. The van der Waals surface area contributed by atoms with Gasteiger partial charge in [-0.3, -0.25) is 4.98 Å². The zero-order valence-electron chi connectivity index (χ0n) is 22.5. The maximum Gasteiger partial charge on any atom is 0.0498 e. The van der Waals surface area contributed by atoms with Crippen molar-refractivity contribution in [3.63, 3.8) is 0 Å². The van der Waals surface area contributed by atoms with E-state index in [1.54, 1.807) is 0 Å². The Kier molecular flexibility index (Phi) is 8.20. The molecule has 4 nitrogen and oxygen atoms in total. The van der Waals surface area contributed by atoms with Crippen molar-refractivity contribution in [2.75, 3.05) is 12.3 Å². The van der Waals surface area contributed by atoms with Crippen molar-refractivity contribution in [3.05, 3.63) is 119 Å². The molecule has 4 N–H and O–H groups in total. The van der Waals surface area contributed by atoms with Gasteiger partial charge in [-0.15, -0.1) is 0 Å². The Morgan fingerprint density at radius 1 is 0.868 bits per heavy atom. The lowest BCUT2D eigenvalue weighted by atomic mass is 9.97. The third-order valence-electron chi connectivity index (χ3n) is 7.31. The molecule has 0 saturated carbocycles. The molecule has 194 valence electrons. The summed E-state index contributed by atoms with van der Waals surface area (Å²) in [4.78, 5) is 7.98. The number of nitrogens with zero attached hydrogens (tertiary/aromatic N) is 1. The van der Waals surface area contributed by atoms with Crippen molar-refractivity contribution in [2.24, 2.45) is 0 Å². The van der Waals surface area contributed by atoms with Gasteiger partial charge >= 0.3 is 0 Å². The summed E-state index contributed by atoms with van der Waals surface area (Å²) in [6.45, 7) is 5.24. The highest BCUT2D eigenvalue weighted by Crippen LogP contribution is 2.33. The molecule has 0 fully saturated rings. The lowest BCUT2D eigenvalue weighted by Gasteiger charge is -2.19. The van der Waals surface area contributed by atoms with E-state index in [4.69, 9.17) is 5.73 Å². The molecule has 2 heterocycles. The highest BCUT2D eigenvalue weighted by atomic mass is 14.9. The average Bonchev–Trinajstić information content (AvgIpc) is 3.27. The molecule has 0 radical (unpaired) electrons. The second kappa shape index (κ2) is 12.1. The largest absolute Gasteiger partial charge is 0.399 e. The smallest absolute Gasteiger partial charge is 0.0498 e. The third kappa shape index (κ3) is 6.51. The highest BCUT2D eigenvalue weighted by molar-refractivity contribution is 5.92. The van der Waals surface area contributed by atoms with Crippen molar-refractivity contribution < 1.29 is 0 Å².